The monoisotopic (exact) mass is 282 g/mol. The van der Waals surface area contributed by atoms with E-state index in [0.29, 0.717) is 6.54 Å². The van der Waals surface area contributed by atoms with E-state index in [1.165, 1.54) is 11.3 Å². The second-order valence-corrected chi connectivity index (χ2v) is 4.80. The lowest BCUT2D eigenvalue weighted by atomic mass is 10.2. The van der Waals surface area contributed by atoms with E-state index in [4.69, 9.17) is 0 Å². The molecule has 16 heavy (non-hydrogen) atoms. The van der Waals surface area contributed by atoms with Crippen LogP contribution in [0.4, 0.5) is 5.69 Å². The average molecular weight is 283 g/mol. The van der Waals surface area contributed by atoms with E-state index in [1.54, 1.807) is 0 Å². The molecule has 0 aromatic heterocycles. The first-order valence-electron chi connectivity index (χ1n) is 5.49. The van der Waals surface area contributed by atoms with Gasteiger partial charge < -0.3 is 15.0 Å². The number of carbonyl (C=O) groups excluding carboxylic acids is 1. The van der Waals surface area contributed by atoms with Crippen molar-refractivity contribution < 1.29 is 4.79 Å². The fourth-order valence-electron chi connectivity index (χ4n) is 2.05. The maximum atomic E-state index is 10.2. The molecule has 0 saturated heterocycles. The van der Waals surface area contributed by atoms with Gasteiger partial charge in [-0.1, -0.05) is 15.9 Å². The molecule has 1 aromatic rings. The Kier molecular flexibility index (Phi) is 3.96. The first-order chi connectivity index (χ1) is 7.81. The lowest BCUT2D eigenvalue weighted by molar-refractivity contribution is -0.107. The van der Waals surface area contributed by atoms with Crippen LogP contribution in [-0.4, -0.2) is 32.5 Å². The zero-order chi connectivity index (χ0) is 11.4. The van der Waals surface area contributed by atoms with Crippen LogP contribution in [0, 0.1) is 0 Å². The number of nitrogens with one attached hydrogen (secondary N) is 1. The van der Waals surface area contributed by atoms with E-state index >= 15 is 0 Å². The summed E-state index contributed by atoms with van der Waals surface area (Å²) in [4.78, 5) is 12.5. The molecule has 0 amide bonds. The molecule has 1 heterocycles. The molecule has 0 spiro atoms. The maximum absolute atomic E-state index is 10.2. The molecular weight excluding hydrogens is 268 g/mol. The van der Waals surface area contributed by atoms with Gasteiger partial charge in [0.25, 0.3) is 0 Å². The van der Waals surface area contributed by atoms with Crippen LogP contribution >= 0.6 is 15.9 Å². The molecule has 0 saturated carbocycles. The Morgan fingerprint density at radius 2 is 2.38 bits per heavy atom. The van der Waals surface area contributed by atoms with Gasteiger partial charge in [0.15, 0.2) is 0 Å². The van der Waals surface area contributed by atoms with Crippen LogP contribution < -0.4 is 10.2 Å². The van der Waals surface area contributed by atoms with Crippen molar-refractivity contribution >= 4 is 27.9 Å². The Bertz CT molecular complexity index is 381. The molecule has 1 aliphatic rings. The Balaban J connectivity index is 1.93. The molecule has 86 valence electrons. The van der Waals surface area contributed by atoms with Crippen LogP contribution in [0.1, 0.15) is 5.56 Å². The smallest absolute Gasteiger partial charge is 0.133 e. The summed E-state index contributed by atoms with van der Waals surface area (Å²) < 4.78 is 1.15. The van der Waals surface area contributed by atoms with Gasteiger partial charge in [-0.3, -0.25) is 0 Å². The minimum Gasteiger partial charge on any atom is -0.370 e. The van der Waals surface area contributed by atoms with E-state index in [-0.39, 0.29) is 0 Å². The highest BCUT2D eigenvalue weighted by Crippen LogP contribution is 2.29. The number of anilines is 1. The van der Waals surface area contributed by atoms with Crippen LogP contribution in [0.15, 0.2) is 22.7 Å². The third-order valence-electron chi connectivity index (χ3n) is 2.82. The number of nitrogens with zero attached hydrogens (tertiary/aromatic N) is 1. The lowest BCUT2D eigenvalue weighted by Gasteiger charge is -2.19. The fraction of sp³-hybridized carbons (Fsp3) is 0.417. The van der Waals surface area contributed by atoms with Gasteiger partial charge in [0.2, 0.25) is 0 Å². The zero-order valence-corrected chi connectivity index (χ0v) is 10.7. The van der Waals surface area contributed by atoms with Crippen molar-refractivity contribution in [2.24, 2.45) is 0 Å². The summed E-state index contributed by atoms with van der Waals surface area (Å²) >= 11 is 3.49. The first kappa shape index (κ1) is 11.6. The fourth-order valence-corrected chi connectivity index (χ4v) is 2.45. The Morgan fingerprint density at radius 3 is 3.19 bits per heavy atom. The second kappa shape index (κ2) is 5.46. The molecule has 0 fully saturated rings. The van der Waals surface area contributed by atoms with E-state index in [0.717, 1.165) is 36.8 Å². The number of halogens is 1. The molecule has 0 radical (unpaired) electrons. The van der Waals surface area contributed by atoms with Crippen LogP contribution in [0.3, 0.4) is 0 Å². The van der Waals surface area contributed by atoms with Gasteiger partial charge in [-0.25, -0.2) is 0 Å². The molecule has 0 unspecified atom stereocenters. The molecule has 1 N–H and O–H groups in total. The predicted molar refractivity (Wildman–Crippen MR) is 69.0 cm³/mol. The number of benzene rings is 1. The summed E-state index contributed by atoms with van der Waals surface area (Å²) in [5, 5.41) is 3.09. The molecular formula is C12H15BrN2O. The van der Waals surface area contributed by atoms with Gasteiger partial charge in [-0.2, -0.15) is 0 Å². The quantitative estimate of drug-likeness (QED) is 0.658. The molecule has 4 heteroatoms. The third kappa shape index (κ3) is 2.62. The highest BCUT2D eigenvalue weighted by Gasteiger charge is 2.18. The van der Waals surface area contributed by atoms with Gasteiger partial charge in [-0.15, -0.1) is 0 Å². The normalized spacial score (nSPS) is 13.9. The molecule has 1 aliphatic heterocycles. The van der Waals surface area contributed by atoms with E-state index < -0.39 is 0 Å². The lowest BCUT2D eigenvalue weighted by Crippen LogP contribution is -2.31. The number of carbonyl (C=O) groups is 1. The Labute approximate surface area is 104 Å². The highest BCUT2D eigenvalue weighted by molar-refractivity contribution is 9.10. The number of hydrogen-bond acceptors (Lipinski definition) is 3. The van der Waals surface area contributed by atoms with Crippen molar-refractivity contribution in [3.8, 4) is 0 Å². The largest absolute Gasteiger partial charge is 0.370 e. The summed E-state index contributed by atoms with van der Waals surface area (Å²) in [7, 11) is 0. The number of hydrogen-bond donors (Lipinski definition) is 1. The minimum atomic E-state index is 0.445. The molecule has 0 aliphatic carbocycles. The summed E-state index contributed by atoms with van der Waals surface area (Å²) in [5.74, 6) is 0. The zero-order valence-electron chi connectivity index (χ0n) is 9.08. The van der Waals surface area contributed by atoms with Crippen molar-refractivity contribution in [3.05, 3.63) is 28.2 Å². The van der Waals surface area contributed by atoms with Gasteiger partial charge in [0.05, 0.1) is 6.54 Å². The number of rotatable bonds is 5. The topological polar surface area (TPSA) is 32.3 Å². The van der Waals surface area contributed by atoms with E-state index in [2.05, 4.69) is 44.3 Å². The summed E-state index contributed by atoms with van der Waals surface area (Å²) in [5.41, 5.74) is 2.74. The number of fused-ring (bicyclic) bond motifs is 1. The van der Waals surface area contributed by atoms with Gasteiger partial charge in [-0.05, 0) is 30.2 Å². The molecule has 1 aromatic carbocycles. The van der Waals surface area contributed by atoms with Crippen LogP contribution in [0.25, 0.3) is 0 Å². The maximum Gasteiger partial charge on any atom is 0.133 e. The van der Waals surface area contributed by atoms with Crippen LogP contribution in [0.5, 0.6) is 0 Å². The van der Waals surface area contributed by atoms with Crippen molar-refractivity contribution in [2.75, 3.05) is 31.1 Å². The van der Waals surface area contributed by atoms with Crippen molar-refractivity contribution in [3.63, 3.8) is 0 Å². The average Bonchev–Trinajstić information content (AvgIpc) is 2.67. The predicted octanol–water partition coefficient (Wildman–Crippen LogP) is 1.60. The van der Waals surface area contributed by atoms with Gasteiger partial charge >= 0.3 is 0 Å². The Hall–Kier alpha value is -0.870. The molecule has 0 bridgehead atoms. The van der Waals surface area contributed by atoms with Crippen LogP contribution in [-0.2, 0) is 11.2 Å². The highest BCUT2D eigenvalue weighted by atomic mass is 79.9. The van der Waals surface area contributed by atoms with E-state index in [1.807, 2.05) is 0 Å². The molecule has 2 rings (SSSR count). The Morgan fingerprint density at radius 1 is 1.50 bits per heavy atom. The summed E-state index contributed by atoms with van der Waals surface area (Å²) in [6.07, 6.45) is 2.01. The second-order valence-electron chi connectivity index (χ2n) is 3.88. The first-order valence-corrected chi connectivity index (χ1v) is 6.28. The van der Waals surface area contributed by atoms with Crippen LogP contribution in [0.2, 0.25) is 0 Å². The molecule has 0 atom stereocenters. The van der Waals surface area contributed by atoms with Gasteiger partial charge in [0, 0.05) is 29.8 Å². The summed E-state index contributed by atoms with van der Waals surface area (Å²) in [6.45, 7) is 3.34. The SMILES string of the molecule is O=CCNCCN1CCc2cc(Br)ccc21. The van der Waals surface area contributed by atoms with Crippen molar-refractivity contribution in [2.45, 2.75) is 6.42 Å². The van der Waals surface area contributed by atoms with Crippen molar-refractivity contribution in [1.29, 1.82) is 0 Å². The number of aldehydes is 1. The van der Waals surface area contributed by atoms with Crippen molar-refractivity contribution in [1.82, 2.24) is 5.32 Å². The standard InChI is InChI=1S/C12H15BrN2O/c13-11-1-2-12-10(9-11)3-6-15(12)7-4-14-5-8-16/h1-2,8-9,14H,3-7H2. The van der Waals surface area contributed by atoms with E-state index in [9.17, 15) is 4.79 Å². The summed E-state index contributed by atoms with van der Waals surface area (Å²) in [6, 6.07) is 6.43. The van der Waals surface area contributed by atoms with Gasteiger partial charge in [0.1, 0.15) is 6.29 Å². The minimum absolute atomic E-state index is 0.445. The third-order valence-corrected chi connectivity index (χ3v) is 3.31. The molecule has 3 nitrogen and oxygen atoms in total.